The Bertz CT molecular complexity index is 484. The summed E-state index contributed by atoms with van der Waals surface area (Å²) in [5.74, 6) is 0. The van der Waals surface area contributed by atoms with Crippen LogP contribution in [0, 0.1) is 3.57 Å². The minimum atomic E-state index is 0.233. The van der Waals surface area contributed by atoms with Crippen LogP contribution in [0.25, 0.3) is 0 Å². The average Bonchev–Trinajstić information content (AvgIpc) is 2.83. The Morgan fingerprint density at radius 2 is 2.24 bits per heavy atom. The van der Waals surface area contributed by atoms with Crippen molar-refractivity contribution in [2.75, 3.05) is 6.54 Å². The van der Waals surface area contributed by atoms with Gasteiger partial charge in [0.15, 0.2) is 0 Å². The van der Waals surface area contributed by atoms with Gasteiger partial charge in [0.2, 0.25) is 0 Å². The molecule has 0 fully saturated rings. The fourth-order valence-electron chi connectivity index (χ4n) is 1.79. The van der Waals surface area contributed by atoms with Gasteiger partial charge in [-0.05, 0) is 75.3 Å². The van der Waals surface area contributed by atoms with E-state index in [4.69, 9.17) is 11.6 Å². The number of hydrogen-bond acceptors (Lipinski definition) is 2. The van der Waals surface area contributed by atoms with E-state index in [0.717, 1.165) is 11.6 Å². The third kappa shape index (κ3) is 3.22. The Morgan fingerprint density at radius 1 is 1.41 bits per heavy atom. The minimum Gasteiger partial charge on any atom is -0.306 e. The SMILES string of the molecule is CCNC(c1ccsc1)c1cc(Cl)ccc1I. The highest BCUT2D eigenvalue weighted by molar-refractivity contribution is 14.1. The topological polar surface area (TPSA) is 12.0 Å². The number of rotatable bonds is 4. The van der Waals surface area contributed by atoms with Gasteiger partial charge in [0.05, 0.1) is 6.04 Å². The van der Waals surface area contributed by atoms with Crippen LogP contribution in [0.15, 0.2) is 35.0 Å². The molecule has 4 heteroatoms. The lowest BCUT2D eigenvalue weighted by atomic mass is 10.0. The summed E-state index contributed by atoms with van der Waals surface area (Å²) >= 11 is 10.2. The van der Waals surface area contributed by atoms with Gasteiger partial charge in [-0.25, -0.2) is 0 Å². The number of hydrogen-bond donors (Lipinski definition) is 1. The number of thiophene rings is 1. The first-order chi connectivity index (χ1) is 8.22. The van der Waals surface area contributed by atoms with Crippen LogP contribution >= 0.6 is 45.5 Å². The molecule has 0 aliphatic carbocycles. The summed E-state index contributed by atoms with van der Waals surface area (Å²) in [4.78, 5) is 0. The molecule has 1 unspecified atom stereocenters. The molecule has 1 nitrogen and oxygen atoms in total. The smallest absolute Gasteiger partial charge is 0.0595 e. The molecule has 0 saturated heterocycles. The van der Waals surface area contributed by atoms with E-state index in [0.29, 0.717) is 0 Å². The molecule has 0 aliphatic heterocycles. The Morgan fingerprint density at radius 3 is 2.88 bits per heavy atom. The zero-order valence-corrected chi connectivity index (χ0v) is 13.1. The molecule has 1 N–H and O–H groups in total. The van der Waals surface area contributed by atoms with E-state index < -0.39 is 0 Å². The molecule has 1 aromatic heterocycles. The third-order valence-electron chi connectivity index (χ3n) is 2.55. The zero-order valence-electron chi connectivity index (χ0n) is 9.41. The molecule has 2 rings (SSSR count). The monoisotopic (exact) mass is 377 g/mol. The lowest BCUT2D eigenvalue weighted by Gasteiger charge is -2.19. The highest BCUT2D eigenvalue weighted by Gasteiger charge is 2.16. The summed E-state index contributed by atoms with van der Waals surface area (Å²) < 4.78 is 1.24. The predicted molar refractivity (Wildman–Crippen MR) is 84.0 cm³/mol. The molecular formula is C13H13ClINS. The summed E-state index contributed by atoms with van der Waals surface area (Å²) in [5.41, 5.74) is 2.55. The molecule has 1 aromatic carbocycles. The second-order valence-corrected chi connectivity index (χ2v) is 6.09. The van der Waals surface area contributed by atoms with Crippen molar-refractivity contribution in [1.82, 2.24) is 5.32 Å². The fraction of sp³-hybridized carbons (Fsp3) is 0.231. The van der Waals surface area contributed by atoms with Crippen LogP contribution in [0.5, 0.6) is 0 Å². The first-order valence-electron chi connectivity index (χ1n) is 5.42. The molecule has 0 aliphatic rings. The summed E-state index contributed by atoms with van der Waals surface area (Å²) in [6.07, 6.45) is 0. The van der Waals surface area contributed by atoms with Crippen LogP contribution in [0.4, 0.5) is 0 Å². The quantitative estimate of drug-likeness (QED) is 0.761. The van der Waals surface area contributed by atoms with Crippen molar-refractivity contribution in [1.29, 1.82) is 0 Å². The predicted octanol–water partition coefficient (Wildman–Crippen LogP) is 4.71. The molecule has 0 spiro atoms. The summed E-state index contributed by atoms with van der Waals surface area (Å²) in [6, 6.07) is 8.44. The van der Waals surface area contributed by atoms with Gasteiger partial charge in [0.1, 0.15) is 0 Å². The highest BCUT2D eigenvalue weighted by atomic mass is 127. The van der Waals surface area contributed by atoms with Crippen molar-refractivity contribution in [3.8, 4) is 0 Å². The first-order valence-corrected chi connectivity index (χ1v) is 7.82. The van der Waals surface area contributed by atoms with Crippen LogP contribution in [0.1, 0.15) is 24.1 Å². The normalized spacial score (nSPS) is 12.6. The Balaban J connectivity index is 2.42. The highest BCUT2D eigenvalue weighted by Crippen LogP contribution is 2.29. The van der Waals surface area contributed by atoms with E-state index >= 15 is 0 Å². The summed E-state index contributed by atoms with van der Waals surface area (Å²) in [5, 5.41) is 8.60. The maximum Gasteiger partial charge on any atom is 0.0595 e. The van der Waals surface area contributed by atoms with E-state index in [-0.39, 0.29) is 6.04 Å². The molecule has 17 heavy (non-hydrogen) atoms. The second kappa shape index (κ2) is 6.18. The average molecular weight is 378 g/mol. The number of nitrogens with one attached hydrogen (secondary N) is 1. The molecule has 0 radical (unpaired) electrons. The second-order valence-electron chi connectivity index (χ2n) is 3.71. The van der Waals surface area contributed by atoms with Gasteiger partial charge in [-0.2, -0.15) is 11.3 Å². The van der Waals surface area contributed by atoms with E-state index in [1.54, 1.807) is 11.3 Å². The minimum absolute atomic E-state index is 0.233. The Kier molecular flexibility index (Phi) is 4.85. The van der Waals surface area contributed by atoms with Crippen molar-refractivity contribution in [3.05, 3.63) is 54.7 Å². The van der Waals surface area contributed by atoms with Crippen LogP contribution in [-0.2, 0) is 0 Å². The molecule has 0 amide bonds. The van der Waals surface area contributed by atoms with Gasteiger partial charge in [-0.3, -0.25) is 0 Å². The van der Waals surface area contributed by atoms with Crippen LogP contribution in [0.2, 0.25) is 5.02 Å². The third-order valence-corrected chi connectivity index (χ3v) is 4.47. The maximum atomic E-state index is 6.09. The van der Waals surface area contributed by atoms with E-state index in [2.05, 4.69) is 57.7 Å². The van der Waals surface area contributed by atoms with Crippen molar-refractivity contribution < 1.29 is 0 Å². The van der Waals surface area contributed by atoms with E-state index in [9.17, 15) is 0 Å². The van der Waals surface area contributed by atoms with Crippen LogP contribution < -0.4 is 5.32 Å². The van der Waals surface area contributed by atoms with E-state index in [1.807, 2.05) is 12.1 Å². The van der Waals surface area contributed by atoms with Gasteiger partial charge < -0.3 is 5.32 Å². The van der Waals surface area contributed by atoms with Gasteiger partial charge >= 0.3 is 0 Å². The van der Waals surface area contributed by atoms with Crippen LogP contribution in [-0.4, -0.2) is 6.54 Å². The largest absolute Gasteiger partial charge is 0.306 e. The number of benzene rings is 1. The van der Waals surface area contributed by atoms with Gasteiger partial charge in [0, 0.05) is 8.59 Å². The summed E-state index contributed by atoms with van der Waals surface area (Å²) in [7, 11) is 0. The molecule has 90 valence electrons. The number of halogens is 2. The van der Waals surface area contributed by atoms with Crippen molar-refractivity contribution in [2.45, 2.75) is 13.0 Å². The van der Waals surface area contributed by atoms with Crippen LogP contribution in [0.3, 0.4) is 0 Å². The first kappa shape index (κ1) is 13.3. The van der Waals surface area contributed by atoms with Crippen molar-refractivity contribution >= 4 is 45.5 Å². The molecule has 1 heterocycles. The summed E-state index contributed by atoms with van der Waals surface area (Å²) in [6.45, 7) is 3.06. The van der Waals surface area contributed by atoms with Gasteiger partial charge in [0.25, 0.3) is 0 Å². The van der Waals surface area contributed by atoms with Crippen molar-refractivity contribution in [3.63, 3.8) is 0 Å². The Labute approximate surface area is 124 Å². The molecular weight excluding hydrogens is 365 g/mol. The standard InChI is InChI=1S/C13H13ClINS/c1-2-16-13(9-5-6-17-8-9)11-7-10(14)3-4-12(11)15/h3-8,13,16H,2H2,1H3. The molecule has 0 saturated carbocycles. The molecule has 0 bridgehead atoms. The molecule has 1 atom stereocenters. The lowest BCUT2D eigenvalue weighted by Crippen LogP contribution is -2.22. The lowest BCUT2D eigenvalue weighted by molar-refractivity contribution is 0.630. The fourth-order valence-corrected chi connectivity index (χ4v) is 3.30. The van der Waals surface area contributed by atoms with E-state index in [1.165, 1.54) is 14.7 Å². The Hall–Kier alpha value is -0.100. The van der Waals surface area contributed by atoms with Gasteiger partial charge in [-0.15, -0.1) is 0 Å². The van der Waals surface area contributed by atoms with Gasteiger partial charge in [-0.1, -0.05) is 18.5 Å². The maximum absolute atomic E-state index is 6.09. The van der Waals surface area contributed by atoms with Crippen molar-refractivity contribution in [2.24, 2.45) is 0 Å². The molecule has 2 aromatic rings. The zero-order chi connectivity index (χ0) is 12.3.